The number of aryl methyl sites for hydroxylation is 1. The fourth-order valence-corrected chi connectivity index (χ4v) is 2.81. The van der Waals surface area contributed by atoms with Gasteiger partial charge in [-0.3, -0.25) is 4.79 Å². The van der Waals surface area contributed by atoms with Gasteiger partial charge < -0.3 is 5.32 Å². The van der Waals surface area contributed by atoms with E-state index in [9.17, 15) is 9.18 Å². The van der Waals surface area contributed by atoms with Gasteiger partial charge in [0.15, 0.2) is 0 Å². The normalized spacial score (nSPS) is 15.7. The van der Waals surface area contributed by atoms with Crippen LogP contribution in [-0.4, -0.2) is 26.7 Å². The minimum atomic E-state index is -0.309. The van der Waals surface area contributed by atoms with Crippen LogP contribution in [0.5, 0.6) is 0 Å². The molecule has 6 heteroatoms. The molecular formula is C16H19FN4O. The van der Waals surface area contributed by atoms with Gasteiger partial charge in [-0.25, -0.2) is 14.1 Å². The number of hydrogen-bond acceptors (Lipinski definition) is 3. The van der Waals surface area contributed by atoms with Gasteiger partial charge in [0.25, 0.3) is 5.91 Å². The van der Waals surface area contributed by atoms with Crippen molar-refractivity contribution in [3.63, 3.8) is 0 Å². The Morgan fingerprint density at radius 3 is 2.59 bits per heavy atom. The maximum atomic E-state index is 13.0. The highest BCUT2D eigenvalue weighted by Gasteiger charge is 2.20. The van der Waals surface area contributed by atoms with E-state index in [0.29, 0.717) is 11.5 Å². The molecule has 3 rings (SSSR count). The molecule has 0 radical (unpaired) electrons. The SMILES string of the molecule is Cc1nc(C(=O)NC2CCCCC2)nn1-c1ccc(F)cc1. The topological polar surface area (TPSA) is 59.8 Å². The van der Waals surface area contributed by atoms with Gasteiger partial charge in [0.2, 0.25) is 5.82 Å². The van der Waals surface area contributed by atoms with E-state index < -0.39 is 0 Å². The van der Waals surface area contributed by atoms with E-state index in [4.69, 9.17) is 0 Å². The molecule has 0 atom stereocenters. The van der Waals surface area contributed by atoms with Crippen LogP contribution < -0.4 is 5.32 Å². The van der Waals surface area contributed by atoms with Crippen molar-refractivity contribution < 1.29 is 9.18 Å². The van der Waals surface area contributed by atoms with E-state index in [1.54, 1.807) is 23.7 Å². The molecule has 2 aromatic rings. The third-order valence-corrected chi connectivity index (χ3v) is 3.98. The van der Waals surface area contributed by atoms with Crippen molar-refractivity contribution in [3.05, 3.63) is 41.7 Å². The molecule has 0 unspecified atom stereocenters. The van der Waals surface area contributed by atoms with Crippen LogP contribution in [0.15, 0.2) is 24.3 Å². The quantitative estimate of drug-likeness (QED) is 0.948. The number of carbonyl (C=O) groups is 1. The molecule has 0 spiro atoms. The smallest absolute Gasteiger partial charge is 0.291 e. The Bertz CT molecular complexity index is 659. The van der Waals surface area contributed by atoms with Crippen LogP contribution in [0.3, 0.4) is 0 Å². The van der Waals surface area contributed by atoms with E-state index in [0.717, 1.165) is 25.7 Å². The van der Waals surface area contributed by atoms with Gasteiger partial charge in [-0.05, 0) is 44.0 Å². The number of halogens is 1. The zero-order chi connectivity index (χ0) is 15.5. The van der Waals surface area contributed by atoms with Crippen LogP contribution in [-0.2, 0) is 0 Å². The van der Waals surface area contributed by atoms with E-state index in [1.165, 1.54) is 18.6 Å². The summed E-state index contributed by atoms with van der Waals surface area (Å²) in [6, 6.07) is 6.16. The molecule has 1 amide bonds. The van der Waals surface area contributed by atoms with Crippen molar-refractivity contribution in [3.8, 4) is 5.69 Å². The van der Waals surface area contributed by atoms with Crippen molar-refractivity contribution in [2.24, 2.45) is 0 Å². The molecule has 1 fully saturated rings. The highest BCUT2D eigenvalue weighted by Crippen LogP contribution is 2.18. The summed E-state index contributed by atoms with van der Waals surface area (Å²) < 4.78 is 14.5. The third-order valence-electron chi connectivity index (χ3n) is 3.98. The monoisotopic (exact) mass is 302 g/mol. The van der Waals surface area contributed by atoms with Gasteiger partial charge in [-0.15, -0.1) is 5.10 Å². The van der Waals surface area contributed by atoms with Gasteiger partial charge in [0, 0.05) is 6.04 Å². The molecule has 0 saturated heterocycles. The molecular weight excluding hydrogens is 283 g/mol. The molecule has 0 bridgehead atoms. The van der Waals surface area contributed by atoms with Crippen LogP contribution in [0, 0.1) is 12.7 Å². The van der Waals surface area contributed by atoms with Crippen molar-refractivity contribution in [1.29, 1.82) is 0 Å². The Kier molecular flexibility index (Phi) is 4.18. The lowest BCUT2D eigenvalue weighted by Crippen LogP contribution is -2.36. The maximum absolute atomic E-state index is 13.0. The van der Waals surface area contributed by atoms with E-state index >= 15 is 0 Å². The molecule has 1 aromatic carbocycles. The van der Waals surface area contributed by atoms with Crippen molar-refractivity contribution >= 4 is 5.91 Å². The lowest BCUT2D eigenvalue weighted by atomic mass is 9.95. The van der Waals surface area contributed by atoms with Gasteiger partial charge in [-0.2, -0.15) is 0 Å². The van der Waals surface area contributed by atoms with Crippen LogP contribution in [0.1, 0.15) is 48.5 Å². The summed E-state index contributed by atoms with van der Waals surface area (Å²) in [6.07, 6.45) is 5.58. The number of nitrogens with zero attached hydrogens (tertiary/aromatic N) is 3. The number of nitrogens with one attached hydrogen (secondary N) is 1. The van der Waals surface area contributed by atoms with Crippen molar-refractivity contribution in [2.75, 3.05) is 0 Å². The van der Waals surface area contributed by atoms with Crippen molar-refractivity contribution in [1.82, 2.24) is 20.1 Å². The molecule has 5 nitrogen and oxygen atoms in total. The Labute approximate surface area is 128 Å². The predicted octanol–water partition coefficient (Wildman–Crippen LogP) is 2.78. The first-order valence-electron chi connectivity index (χ1n) is 7.64. The molecule has 1 aromatic heterocycles. The number of aromatic nitrogens is 3. The van der Waals surface area contributed by atoms with E-state index in [1.807, 2.05) is 0 Å². The highest BCUT2D eigenvalue weighted by molar-refractivity contribution is 5.90. The minimum absolute atomic E-state index is 0.160. The average Bonchev–Trinajstić information content (AvgIpc) is 2.91. The van der Waals surface area contributed by atoms with E-state index in [-0.39, 0.29) is 23.6 Å². The number of benzene rings is 1. The van der Waals surface area contributed by atoms with Gasteiger partial charge in [0.1, 0.15) is 11.6 Å². The summed E-state index contributed by atoms with van der Waals surface area (Å²) in [7, 11) is 0. The van der Waals surface area contributed by atoms with Crippen LogP contribution in [0.2, 0.25) is 0 Å². The van der Waals surface area contributed by atoms with Crippen LogP contribution in [0.25, 0.3) is 5.69 Å². The maximum Gasteiger partial charge on any atom is 0.291 e. The fraction of sp³-hybridized carbons (Fsp3) is 0.438. The molecule has 1 aliphatic rings. The summed E-state index contributed by atoms with van der Waals surface area (Å²) in [5, 5.41) is 7.25. The molecule has 1 heterocycles. The average molecular weight is 302 g/mol. The standard InChI is InChI=1S/C16H19FN4O/c1-11-18-15(16(22)19-13-5-3-2-4-6-13)20-21(11)14-9-7-12(17)8-10-14/h7-10,13H,2-6H2,1H3,(H,19,22). The second kappa shape index (κ2) is 6.25. The third kappa shape index (κ3) is 3.16. The number of hydrogen-bond donors (Lipinski definition) is 1. The molecule has 0 aliphatic heterocycles. The Hall–Kier alpha value is -2.24. The summed E-state index contributed by atoms with van der Waals surface area (Å²) in [6.45, 7) is 1.77. The predicted molar refractivity (Wildman–Crippen MR) is 80.4 cm³/mol. The largest absolute Gasteiger partial charge is 0.347 e. The van der Waals surface area contributed by atoms with Gasteiger partial charge >= 0.3 is 0 Å². The summed E-state index contributed by atoms with van der Waals surface area (Å²) in [5.41, 5.74) is 0.683. The summed E-state index contributed by atoms with van der Waals surface area (Å²) >= 11 is 0. The van der Waals surface area contributed by atoms with Gasteiger partial charge in [0.05, 0.1) is 5.69 Å². The van der Waals surface area contributed by atoms with E-state index in [2.05, 4.69) is 15.4 Å². The van der Waals surface area contributed by atoms with Crippen LogP contribution >= 0.6 is 0 Å². The summed E-state index contributed by atoms with van der Waals surface area (Å²) in [4.78, 5) is 16.5. The number of rotatable bonds is 3. The van der Waals surface area contributed by atoms with Crippen molar-refractivity contribution in [2.45, 2.75) is 45.1 Å². The second-order valence-electron chi connectivity index (χ2n) is 5.68. The molecule has 116 valence electrons. The first-order chi connectivity index (χ1) is 10.6. The lowest BCUT2D eigenvalue weighted by Gasteiger charge is -2.21. The minimum Gasteiger partial charge on any atom is -0.347 e. The Morgan fingerprint density at radius 1 is 1.23 bits per heavy atom. The van der Waals surface area contributed by atoms with Gasteiger partial charge in [-0.1, -0.05) is 19.3 Å². The highest BCUT2D eigenvalue weighted by atomic mass is 19.1. The Balaban J connectivity index is 1.76. The summed E-state index contributed by atoms with van der Waals surface area (Å²) in [5.74, 6) is 0.209. The zero-order valence-electron chi connectivity index (χ0n) is 12.6. The lowest BCUT2D eigenvalue weighted by molar-refractivity contribution is 0.0917. The Morgan fingerprint density at radius 2 is 1.91 bits per heavy atom. The molecule has 1 N–H and O–H groups in total. The molecule has 1 aliphatic carbocycles. The molecule has 1 saturated carbocycles. The fourth-order valence-electron chi connectivity index (χ4n) is 2.81. The molecule has 22 heavy (non-hydrogen) atoms. The first kappa shape index (κ1) is 14.7. The first-order valence-corrected chi connectivity index (χ1v) is 7.64. The van der Waals surface area contributed by atoms with Crippen LogP contribution in [0.4, 0.5) is 4.39 Å². The second-order valence-corrected chi connectivity index (χ2v) is 5.68. The number of amides is 1. The zero-order valence-corrected chi connectivity index (χ0v) is 12.6. The number of carbonyl (C=O) groups excluding carboxylic acids is 1.